The summed E-state index contributed by atoms with van der Waals surface area (Å²) in [5, 5.41) is 0.532. The molecule has 8 atom stereocenters. The van der Waals surface area contributed by atoms with Crippen molar-refractivity contribution in [2.75, 3.05) is 0 Å². The second-order valence-electron chi connectivity index (χ2n) is 13.7. The molecule has 0 aromatic carbocycles. The van der Waals surface area contributed by atoms with Crippen molar-refractivity contribution in [3.05, 3.63) is 22.3 Å². The lowest BCUT2D eigenvalue weighted by molar-refractivity contribution is -0.146. The average Bonchev–Trinajstić information content (AvgIpc) is 3.15. The van der Waals surface area contributed by atoms with Gasteiger partial charge in [0.15, 0.2) is 0 Å². The van der Waals surface area contributed by atoms with Gasteiger partial charge in [-0.3, -0.25) is 0 Å². The summed E-state index contributed by atoms with van der Waals surface area (Å²) in [4.78, 5) is 12.5. The van der Waals surface area contributed by atoms with E-state index in [9.17, 15) is 4.79 Å². The molecule has 4 aliphatic rings. The van der Waals surface area contributed by atoms with Crippen molar-refractivity contribution in [2.45, 2.75) is 125 Å². The fourth-order valence-electron chi connectivity index (χ4n) is 9.13. The van der Waals surface area contributed by atoms with E-state index in [2.05, 4.69) is 40.7 Å². The number of fused-ring (bicyclic) bond motifs is 5. The molecule has 4 rings (SSSR count). The summed E-state index contributed by atoms with van der Waals surface area (Å²) in [5.41, 5.74) is 2.95. The van der Waals surface area contributed by atoms with Gasteiger partial charge in [-0.2, -0.15) is 0 Å². The Morgan fingerprint density at radius 2 is 1.80 bits per heavy atom. The normalized spacial score (nSPS) is 40.3. The molecule has 0 aromatic rings. The molecule has 35 heavy (non-hydrogen) atoms. The molecule has 3 fully saturated rings. The highest BCUT2D eigenvalue weighted by Gasteiger charge is 2.59. The lowest BCUT2D eigenvalue weighted by Crippen LogP contribution is -2.51. The first-order valence-corrected chi connectivity index (χ1v) is 15.1. The summed E-state index contributed by atoms with van der Waals surface area (Å²) >= 11 is 6.04. The summed E-state index contributed by atoms with van der Waals surface area (Å²) in [6.07, 6.45) is 16.8. The number of ether oxygens (including phenoxy) is 1. The van der Waals surface area contributed by atoms with Crippen LogP contribution < -0.4 is 0 Å². The zero-order valence-electron chi connectivity index (χ0n) is 23.6. The van der Waals surface area contributed by atoms with E-state index in [0.29, 0.717) is 21.4 Å². The van der Waals surface area contributed by atoms with E-state index in [0.717, 1.165) is 54.8 Å². The predicted octanol–water partition coefficient (Wildman–Crippen LogP) is 9.47. The van der Waals surface area contributed by atoms with Gasteiger partial charge in [-0.25, -0.2) is 4.79 Å². The quantitative estimate of drug-likeness (QED) is 0.197. The largest absolute Gasteiger partial charge is 0.459 e. The van der Waals surface area contributed by atoms with Gasteiger partial charge in [0, 0.05) is 17.0 Å². The first-order chi connectivity index (χ1) is 16.5. The van der Waals surface area contributed by atoms with Crippen molar-refractivity contribution in [3.63, 3.8) is 0 Å². The minimum atomic E-state index is -0.242. The minimum Gasteiger partial charge on any atom is -0.459 e. The molecule has 0 heterocycles. The molecule has 3 saturated carbocycles. The number of rotatable bonds is 7. The summed E-state index contributed by atoms with van der Waals surface area (Å²) in [6.45, 7) is 16.0. The molecule has 0 saturated heterocycles. The van der Waals surface area contributed by atoms with Crippen LogP contribution in [0.5, 0.6) is 0 Å². The molecular weight excluding hydrogens is 452 g/mol. The lowest BCUT2D eigenvalue weighted by Gasteiger charge is -2.58. The van der Waals surface area contributed by atoms with Gasteiger partial charge < -0.3 is 4.74 Å². The number of hydrogen-bond donors (Lipinski definition) is 0. The van der Waals surface area contributed by atoms with Crippen LogP contribution in [0.4, 0.5) is 0 Å². The highest BCUT2D eigenvalue weighted by Crippen LogP contribution is 2.67. The zero-order chi connectivity index (χ0) is 25.5. The van der Waals surface area contributed by atoms with E-state index in [1.165, 1.54) is 51.4 Å². The SMILES string of the molecule is C/C(Cl)=C(/C)C(=O)O[C@H]1CC[C@@]2(C)C(=CC[C@H]3[C@H]2CC[C@@]2(C)[C@H]3CC[C@H]2[C@@H](C)CCCC(C)C)C1. The Morgan fingerprint density at radius 1 is 1.06 bits per heavy atom. The minimum absolute atomic E-state index is 0.000692. The molecule has 0 radical (unpaired) electrons. The Balaban J connectivity index is 1.44. The van der Waals surface area contributed by atoms with Crippen molar-refractivity contribution < 1.29 is 9.53 Å². The maximum Gasteiger partial charge on any atom is 0.335 e. The number of esters is 1. The maximum absolute atomic E-state index is 12.5. The Kier molecular flexibility index (Phi) is 8.22. The van der Waals surface area contributed by atoms with Gasteiger partial charge in [-0.15, -0.1) is 0 Å². The fraction of sp³-hybridized carbons (Fsp3) is 0.844. The second-order valence-corrected chi connectivity index (χ2v) is 14.3. The van der Waals surface area contributed by atoms with Crippen molar-refractivity contribution >= 4 is 17.6 Å². The molecule has 0 aromatic heterocycles. The summed E-state index contributed by atoms with van der Waals surface area (Å²) in [6, 6.07) is 0. The van der Waals surface area contributed by atoms with E-state index >= 15 is 0 Å². The Bertz CT molecular complexity index is 852. The van der Waals surface area contributed by atoms with Gasteiger partial charge in [0.25, 0.3) is 0 Å². The highest BCUT2D eigenvalue weighted by atomic mass is 35.5. The number of allylic oxidation sites excluding steroid dienone is 2. The molecule has 2 nitrogen and oxygen atoms in total. The van der Waals surface area contributed by atoms with Crippen LogP contribution in [0.25, 0.3) is 0 Å². The fourth-order valence-corrected chi connectivity index (χ4v) is 9.21. The molecule has 0 N–H and O–H groups in total. The third-order valence-corrected chi connectivity index (χ3v) is 11.6. The lowest BCUT2D eigenvalue weighted by atomic mass is 9.47. The van der Waals surface area contributed by atoms with E-state index in [1.54, 1.807) is 19.4 Å². The standard InChI is InChI=1S/C32H51ClO2/c1-20(2)9-8-10-21(3)27-13-14-28-26-12-11-24-19-25(35-30(34)22(4)23(5)33)15-17-31(24,6)29(26)16-18-32(27,28)7/h11,20-21,25-29H,8-10,12-19H2,1-7H3/b23-22+/t21-,25-,26+,27-,28-,29+,31-,32+/m0/s1. The average molecular weight is 503 g/mol. The third kappa shape index (κ3) is 5.17. The second kappa shape index (κ2) is 10.5. The predicted molar refractivity (Wildman–Crippen MR) is 147 cm³/mol. The number of carbonyl (C=O) groups is 1. The smallest absolute Gasteiger partial charge is 0.335 e. The number of halogens is 1. The summed E-state index contributed by atoms with van der Waals surface area (Å²) in [7, 11) is 0. The van der Waals surface area contributed by atoms with Gasteiger partial charge in [-0.05, 0) is 105 Å². The molecule has 0 spiro atoms. The van der Waals surface area contributed by atoms with Gasteiger partial charge in [-0.1, -0.05) is 77.1 Å². The van der Waals surface area contributed by atoms with Crippen LogP contribution in [0.3, 0.4) is 0 Å². The van der Waals surface area contributed by atoms with Crippen LogP contribution >= 0.6 is 11.6 Å². The summed E-state index contributed by atoms with van der Waals surface area (Å²) in [5.74, 6) is 4.91. The number of hydrogen-bond acceptors (Lipinski definition) is 2. The molecular formula is C32H51ClO2. The highest BCUT2D eigenvalue weighted by molar-refractivity contribution is 6.31. The monoisotopic (exact) mass is 502 g/mol. The first-order valence-electron chi connectivity index (χ1n) is 14.7. The number of carbonyl (C=O) groups excluding carboxylic acids is 1. The molecule has 0 unspecified atom stereocenters. The van der Waals surface area contributed by atoms with Crippen molar-refractivity contribution in [2.24, 2.45) is 46.3 Å². The Hall–Kier alpha value is -0.760. The molecule has 0 aliphatic heterocycles. The van der Waals surface area contributed by atoms with Crippen molar-refractivity contribution in [1.82, 2.24) is 0 Å². The van der Waals surface area contributed by atoms with Crippen molar-refractivity contribution in [1.29, 1.82) is 0 Å². The van der Waals surface area contributed by atoms with Crippen LogP contribution in [0, 0.1) is 46.3 Å². The van der Waals surface area contributed by atoms with Gasteiger partial charge >= 0.3 is 5.97 Å². The van der Waals surface area contributed by atoms with Crippen LogP contribution in [-0.4, -0.2) is 12.1 Å². The summed E-state index contributed by atoms with van der Waals surface area (Å²) < 4.78 is 5.90. The van der Waals surface area contributed by atoms with E-state index < -0.39 is 0 Å². The maximum atomic E-state index is 12.5. The third-order valence-electron chi connectivity index (χ3n) is 11.4. The molecule has 0 amide bonds. The van der Waals surface area contributed by atoms with Gasteiger partial charge in [0.1, 0.15) is 6.10 Å². The van der Waals surface area contributed by atoms with Crippen molar-refractivity contribution in [3.8, 4) is 0 Å². The van der Waals surface area contributed by atoms with Crippen LogP contribution in [0.15, 0.2) is 22.3 Å². The van der Waals surface area contributed by atoms with Gasteiger partial charge in [0.05, 0.1) is 0 Å². The van der Waals surface area contributed by atoms with Crippen LogP contribution in [0.2, 0.25) is 0 Å². The van der Waals surface area contributed by atoms with Gasteiger partial charge in [0.2, 0.25) is 0 Å². The van der Waals surface area contributed by atoms with Crippen LogP contribution in [0.1, 0.15) is 119 Å². The zero-order valence-corrected chi connectivity index (χ0v) is 24.3. The Labute approximate surface area is 220 Å². The van der Waals surface area contributed by atoms with Crippen LogP contribution in [-0.2, 0) is 9.53 Å². The molecule has 4 aliphatic carbocycles. The van der Waals surface area contributed by atoms with E-state index in [4.69, 9.17) is 16.3 Å². The molecule has 0 bridgehead atoms. The van der Waals surface area contributed by atoms with E-state index in [1.807, 2.05) is 0 Å². The molecule has 198 valence electrons. The van der Waals surface area contributed by atoms with E-state index in [-0.39, 0.29) is 12.1 Å². The molecule has 3 heteroatoms. The topological polar surface area (TPSA) is 26.3 Å². The first kappa shape index (κ1) is 27.3. The Morgan fingerprint density at radius 3 is 2.49 bits per heavy atom.